The Labute approximate surface area is 152 Å². The molecule has 0 aliphatic heterocycles. The van der Waals surface area contributed by atoms with E-state index in [-0.39, 0.29) is 18.7 Å². The Morgan fingerprint density at radius 2 is 1.81 bits per heavy atom. The van der Waals surface area contributed by atoms with Crippen molar-refractivity contribution in [1.82, 2.24) is 5.32 Å². The molecule has 138 valence electrons. The summed E-state index contributed by atoms with van der Waals surface area (Å²) in [6.07, 6.45) is 0. The molecular weight excluding hydrogens is 336 g/mol. The summed E-state index contributed by atoms with van der Waals surface area (Å²) in [5, 5.41) is 5.29. The predicted molar refractivity (Wildman–Crippen MR) is 98.0 cm³/mol. The van der Waals surface area contributed by atoms with Crippen LogP contribution in [0.5, 0.6) is 11.5 Å². The maximum absolute atomic E-state index is 12.0. The molecule has 0 saturated heterocycles. The number of ether oxygens (including phenoxy) is 3. The number of carbonyl (C=O) groups is 2. The van der Waals surface area contributed by atoms with Crippen LogP contribution in [-0.2, 0) is 4.74 Å². The topological polar surface area (TPSA) is 85.9 Å². The van der Waals surface area contributed by atoms with Gasteiger partial charge in [-0.3, -0.25) is 0 Å². The zero-order chi connectivity index (χ0) is 18.9. The second kappa shape index (κ2) is 9.31. The van der Waals surface area contributed by atoms with Crippen LogP contribution < -0.4 is 20.1 Å². The number of nitrogens with one attached hydrogen (secondary N) is 2. The number of amides is 2. The summed E-state index contributed by atoms with van der Waals surface area (Å²) in [6.45, 7) is 2.51. The first-order valence-electron chi connectivity index (χ1n) is 8.04. The molecular formula is C19H22N2O5. The highest BCUT2D eigenvalue weighted by molar-refractivity contribution is 6.00. The van der Waals surface area contributed by atoms with E-state index < -0.39 is 12.0 Å². The molecule has 7 nitrogen and oxygen atoms in total. The highest BCUT2D eigenvalue weighted by Crippen LogP contribution is 2.27. The molecule has 0 spiro atoms. The van der Waals surface area contributed by atoms with Crippen LogP contribution in [0.15, 0.2) is 42.5 Å². The molecule has 7 heteroatoms. The van der Waals surface area contributed by atoms with Gasteiger partial charge >= 0.3 is 12.0 Å². The van der Waals surface area contributed by atoms with E-state index in [1.165, 1.54) is 7.11 Å². The molecule has 2 N–H and O–H groups in total. The van der Waals surface area contributed by atoms with Crippen molar-refractivity contribution in [2.75, 3.05) is 32.7 Å². The molecule has 0 radical (unpaired) electrons. The second-order valence-electron chi connectivity index (χ2n) is 5.42. The van der Waals surface area contributed by atoms with Gasteiger partial charge in [0.1, 0.15) is 6.61 Å². The van der Waals surface area contributed by atoms with E-state index in [2.05, 4.69) is 10.6 Å². The minimum Gasteiger partial charge on any atom is -0.493 e. The number of rotatable bonds is 7. The van der Waals surface area contributed by atoms with Crippen molar-refractivity contribution >= 4 is 17.7 Å². The highest BCUT2D eigenvalue weighted by atomic mass is 16.5. The molecule has 0 aromatic heterocycles. The fourth-order valence-corrected chi connectivity index (χ4v) is 2.27. The summed E-state index contributed by atoms with van der Waals surface area (Å²) in [5.74, 6) is 0.730. The van der Waals surface area contributed by atoms with Gasteiger partial charge in [-0.1, -0.05) is 18.2 Å². The normalized spacial score (nSPS) is 9.96. The Bertz CT molecular complexity index is 776. The Balaban J connectivity index is 1.84. The molecule has 0 fully saturated rings. The number of hydrogen-bond donors (Lipinski definition) is 2. The Kier molecular flexibility index (Phi) is 6.84. The summed E-state index contributed by atoms with van der Waals surface area (Å²) < 4.78 is 15.6. The Morgan fingerprint density at radius 1 is 1.04 bits per heavy atom. The average Bonchev–Trinajstić information content (AvgIpc) is 2.65. The van der Waals surface area contributed by atoms with Crippen LogP contribution in [0.3, 0.4) is 0 Å². The Morgan fingerprint density at radius 3 is 2.54 bits per heavy atom. The number of carbonyl (C=O) groups excluding carboxylic acids is 2. The van der Waals surface area contributed by atoms with Crippen LogP contribution in [-0.4, -0.2) is 39.4 Å². The van der Waals surface area contributed by atoms with Crippen LogP contribution >= 0.6 is 0 Å². The summed E-state index contributed by atoms with van der Waals surface area (Å²) in [4.78, 5) is 23.7. The van der Waals surface area contributed by atoms with Gasteiger partial charge in [0.05, 0.1) is 32.0 Å². The minimum absolute atomic E-state index is 0.269. The number of benzene rings is 2. The van der Waals surface area contributed by atoms with Gasteiger partial charge < -0.3 is 24.8 Å². The van der Waals surface area contributed by atoms with Gasteiger partial charge in [-0.05, 0) is 36.8 Å². The Hall–Kier alpha value is -3.22. The maximum Gasteiger partial charge on any atom is 0.339 e. The molecule has 2 amide bonds. The van der Waals surface area contributed by atoms with Crippen LogP contribution in [0.1, 0.15) is 15.9 Å². The third-order valence-electron chi connectivity index (χ3n) is 3.54. The van der Waals surface area contributed by atoms with Gasteiger partial charge in [0.15, 0.2) is 11.5 Å². The van der Waals surface area contributed by atoms with E-state index in [1.807, 2.05) is 25.1 Å². The standard InChI is InChI=1S/C19H22N2O5/c1-13-8-9-16(17(12-13)24-2)26-11-10-20-19(23)21-15-7-5-4-6-14(15)18(22)25-3/h4-9,12H,10-11H2,1-3H3,(H2,20,21,23). The highest BCUT2D eigenvalue weighted by Gasteiger charge is 2.13. The van der Waals surface area contributed by atoms with Crippen LogP contribution in [0.2, 0.25) is 0 Å². The lowest BCUT2D eigenvalue weighted by Crippen LogP contribution is -2.32. The summed E-state index contributed by atoms with van der Waals surface area (Å²) in [6, 6.07) is 11.8. The fourth-order valence-electron chi connectivity index (χ4n) is 2.27. The molecule has 0 aliphatic rings. The molecule has 0 saturated carbocycles. The van der Waals surface area contributed by atoms with Gasteiger partial charge in [-0.2, -0.15) is 0 Å². The van der Waals surface area contributed by atoms with E-state index in [0.29, 0.717) is 17.2 Å². The van der Waals surface area contributed by atoms with E-state index in [1.54, 1.807) is 31.4 Å². The molecule has 0 unspecified atom stereocenters. The molecule has 2 aromatic rings. The van der Waals surface area contributed by atoms with Gasteiger partial charge in [-0.25, -0.2) is 9.59 Å². The molecule has 0 bridgehead atoms. The maximum atomic E-state index is 12.0. The van der Waals surface area contributed by atoms with E-state index >= 15 is 0 Å². The number of aryl methyl sites for hydroxylation is 1. The lowest BCUT2D eigenvalue weighted by molar-refractivity contribution is 0.0602. The van der Waals surface area contributed by atoms with Crippen LogP contribution in [0, 0.1) is 6.92 Å². The first-order chi connectivity index (χ1) is 12.5. The monoisotopic (exact) mass is 358 g/mol. The SMILES string of the molecule is COC(=O)c1ccccc1NC(=O)NCCOc1ccc(C)cc1OC. The first kappa shape index (κ1) is 19.1. The number of hydrogen-bond acceptors (Lipinski definition) is 5. The number of esters is 1. The number of urea groups is 1. The van der Waals surface area contributed by atoms with Crippen molar-refractivity contribution in [2.45, 2.75) is 6.92 Å². The van der Waals surface area contributed by atoms with Gasteiger partial charge in [0, 0.05) is 0 Å². The van der Waals surface area contributed by atoms with Gasteiger partial charge in [0.2, 0.25) is 0 Å². The van der Waals surface area contributed by atoms with Gasteiger partial charge in [0.25, 0.3) is 0 Å². The summed E-state index contributed by atoms with van der Waals surface area (Å²) in [5.41, 5.74) is 1.72. The number of para-hydroxylation sites is 1. The molecule has 0 aliphatic carbocycles. The zero-order valence-corrected chi connectivity index (χ0v) is 15.0. The number of methoxy groups -OCH3 is 2. The van der Waals surface area contributed by atoms with Crippen molar-refractivity contribution in [3.63, 3.8) is 0 Å². The zero-order valence-electron chi connectivity index (χ0n) is 15.0. The van der Waals surface area contributed by atoms with Crippen LogP contribution in [0.4, 0.5) is 10.5 Å². The van der Waals surface area contributed by atoms with E-state index in [0.717, 1.165) is 5.56 Å². The van der Waals surface area contributed by atoms with Crippen molar-refractivity contribution in [3.8, 4) is 11.5 Å². The molecule has 2 rings (SSSR count). The van der Waals surface area contributed by atoms with E-state index in [4.69, 9.17) is 14.2 Å². The summed E-state index contributed by atoms with van der Waals surface area (Å²) in [7, 11) is 2.86. The predicted octanol–water partition coefficient (Wildman–Crippen LogP) is 2.99. The van der Waals surface area contributed by atoms with Crippen molar-refractivity contribution in [2.24, 2.45) is 0 Å². The van der Waals surface area contributed by atoms with Crippen molar-refractivity contribution < 1.29 is 23.8 Å². The molecule has 0 heterocycles. The second-order valence-corrected chi connectivity index (χ2v) is 5.42. The minimum atomic E-state index is -0.518. The van der Waals surface area contributed by atoms with Crippen molar-refractivity contribution in [3.05, 3.63) is 53.6 Å². The average molecular weight is 358 g/mol. The molecule has 2 aromatic carbocycles. The first-order valence-corrected chi connectivity index (χ1v) is 8.04. The quantitative estimate of drug-likeness (QED) is 0.587. The smallest absolute Gasteiger partial charge is 0.339 e. The van der Waals surface area contributed by atoms with E-state index in [9.17, 15) is 9.59 Å². The van der Waals surface area contributed by atoms with Crippen molar-refractivity contribution in [1.29, 1.82) is 0 Å². The lowest BCUT2D eigenvalue weighted by atomic mass is 10.2. The largest absolute Gasteiger partial charge is 0.493 e. The number of anilines is 1. The van der Waals surface area contributed by atoms with Gasteiger partial charge in [-0.15, -0.1) is 0 Å². The molecule has 0 atom stereocenters. The fraction of sp³-hybridized carbons (Fsp3) is 0.263. The third-order valence-corrected chi connectivity index (χ3v) is 3.54. The van der Waals surface area contributed by atoms with Crippen LogP contribution in [0.25, 0.3) is 0 Å². The third kappa shape index (κ3) is 5.14. The molecule has 26 heavy (non-hydrogen) atoms. The summed E-state index contributed by atoms with van der Waals surface area (Å²) >= 11 is 0. The lowest BCUT2D eigenvalue weighted by Gasteiger charge is -2.13.